The molecule has 9 heteroatoms. The van der Waals surface area contributed by atoms with Crippen LogP contribution >= 0.6 is 12.4 Å². The second-order valence-electron chi connectivity index (χ2n) is 5.37. The van der Waals surface area contributed by atoms with E-state index in [1.54, 1.807) is 7.05 Å². The van der Waals surface area contributed by atoms with Crippen LogP contribution in [-0.4, -0.2) is 38.0 Å². The van der Waals surface area contributed by atoms with Gasteiger partial charge in [-0.05, 0) is 25.2 Å². The zero-order valence-electron chi connectivity index (χ0n) is 13.0. The molecule has 1 aliphatic heterocycles. The van der Waals surface area contributed by atoms with Crippen LogP contribution in [0.15, 0.2) is 24.3 Å². The Balaban J connectivity index is 0.00000288. The lowest BCUT2D eigenvalue weighted by molar-refractivity contribution is -0.137. The first-order valence-electron chi connectivity index (χ1n) is 7.23. The van der Waals surface area contributed by atoms with Gasteiger partial charge in [0, 0.05) is 31.6 Å². The predicted molar refractivity (Wildman–Crippen MR) is 86.1 cm³/mol. The number of rotatable bonds is 5. The van der Waals surface area contributed by atoms with Gasteiger partial charge in [0.15, 0.2) is 0 Å². The number of alkyl halides is 3. The maximum absolute atomic E-state index is 12.8. The van der Waals surface area contributed by atoms with Gasteiger partial charge in [-0.2, -0.15) is 13.2 Å². The summed E-state index contributed by atoms with van der Waals surface area (Å²) in [5.41, 5.74) is -0.610. The number of amides is 2. The molecule has 0 saturated carbocycles. The summed E-state index contributed by atoms with van der Waals surface area (Å²) in [4.78, 5) is 25.0. The monoisotopic (exact) mass is 365 g/mol. The fraction of sp³-hybridized carbons (Fsp3) is 0.467. The third-order valence-electron chi connectivity index (χ3n) is 3.58. The zero-order chi connectivity index (χ0) is 17.0. The van der Waals surface area contributed by atoms with E-state index >= 15 is 0 Å². The minimum Gasteiger partial charge on any atom is -0.351 e. The van der Waals surface area contributed by atoms with E-state index in [1.165, 1.54) is 17.0 Å². The molecule has 1 unspecified atom stereocenters. The minimum atomic E-state index is -4.46. The molecule has 0 spiro atoms. The Bertz CT molecular complexity index is 596. The van der Waals surface area contributed by atoms with Crippen molar-refractivity contribution in [2.45, 2.75) is 25.1 Å². The van der Waals surface area contributed by atoms with Crippen molar-refractivity contribution in [2.75, 3.05) is 25.0 Å². The van der Waals surface area contributed by atoms with Gasteiger partial charge >= 0.3 is 6.18 Å². The van der Waals surface area contributed by atoms with Crippen molar-refractivity contribution in [3.63, 3.8) is 0 Å². The molecule has 1 aliphatic rings. The molecule has 0 aliphatic carbocycles. The molecule has 1 saturated heterocycles. The molecule has 2 N–H and O–H groups in total. The molecule has 0 radical (unpaired) electrons. The van der Waals surface area contributed by atoms with Crippen LogP contribution in [0.3, 0.4) is 0 Å². The minimum absolute atomic E-state index is 0. The molecule has 0 bridgehead atoms. The second-order valence-corrected chi connectivity index (χ2v) is 5.37. The van der Waals surface area contributed by atoms with E-state index in [0.717, 1.165) is 12.1 Å². The summed E-state index contributed by atoms with van der Waals surface area (Å²) in [6, 6.07) is 4.24. The molecule has 2 rings (SSSR count). The number of nitrogens with zero attached hydrogens (tertiary/aromatic N) is 1. The highest BCUT2D eigenvalue weighted by molar-refractivity contribution is 5.97. The van der Waals surface area contributed by atoms with Crippen LogP contribution in [0.25, 0.3) is 0 Å². The number of carbonyl (C=O) groups is 2. The normalized spacial score (nSPS) is 17.6. The molecule has 1 atom stereocenters. The fourth-order valence-corrected chi connectivity index (χ4v) is 2.44. The number of halogens is 4. The van der Waals surface area contributed by atoms with Gasteiger partial charge in [-0.15, -0.1) is 12.4 Å². The van der Waals surface area contributed by atoms with Gasteiger partial charge in [0.1, 0.15) is 0 Å². The zero-order valence-corrected chi connectivity index (χ0v) is 13.8. The Labute approximate surface area is 144 Å². The lowest BCUT2D eigenvalue weighted by Gasteiger charge is -2.18. The predicted octanol–water partition coefficient (Wildman–Crippen LogP) is 1.96. The molecule has 1 fully saturated rings. The molecule has 2 amide bonds. The maximum atomic E-state index is 12.8. The summed E-state index contributed by atoms with van der Waals surface area (Å²) in [6.45, 7) is 0.690. The van der Waals surface area contributed by atoms with Crippen molar-refractivity contribution in [2.24, 2.45) is 0 Å². The summed E-state index contributed by atoms with van der Waals surface area (Å²) in [7, 11) is 1.72. The first-order chi connectivity index (χ1) is 10.8. The lowest BCUT2D eigenvalue weighted by atomic mass is 10.2. The Morgan fingerprint density at radius 2 is 2.08 bits per heavy atom. The maximum Gasteiger partial charge on any atom is 0.416 e. The number of anilines is 1. The topological polar surface area (TPSA) is 61.4 Å². The summed E-state index contributed by atoms with van der Waals surface area (Å²) in [5, 5.41) is 5.57. The Hall–Kier alpha value is -1.80. The number of nitrogens with one attached hydrogen (secondary N) is 2. The first kappa shape index (κ1) is 20.2. The van der Waals surface area contributed by atoms with Gasteiger partial charge < -0.3 is 15.5 Å². The van der Waals surface area contributed by atoms with Gasteiger partial charge in [-0.3, -0.25) is 9.59 Å². The van der Waals surface area contributed by atoms with Crippen LogP contribution in [-0.2, 0) is 15.8 Å². The van der Waals surface area contributed by atoms with Gasteiger partial charge in [-0.25, -0.2) is 0 Å². The number of benzene rings is 1. The highest BCUT2D eigenvalue weighted by Gasteiger charge is 2.34. The Morgan fingerprint density at radius 1 is 1.38 bits per heavy atom. The van der Waals surface area contributed by atoms with Crippen molar-refractivity contribution >= 4 is 29.9 Å². The average molecular weight is 366 g/mol. The molecule has 1 aromatic carbocycles. The van der Waals surface area contributed by atoms with Crippen molar-refractivity contribution < 1.29 is 22.8 Å². The highest BCUT2D eigenvalue weighted by atomic mass is 35.5. The van der Waals surface area contributed by atoms with E-state index in [1.807, 2.05) is 0 Å². The largest absolute Gasteiger partial charge is 0.416 e. The third-order valence-corrected chi connectivity index (χ3v) is 3.58. The first-order valence-corrected chi connectivity index (χ1v) is 7.23. The van der Waals surface area contributed by atoms with E-state index < -0.39 is 11.7 Å². The fourth-order valence-electron chi connectivity index (χ4n) is 2.44. The van der Waals surface area contributed by atoms with E-state index in [0.29, 0.717) is 6.54 Å². The van der Waals surface area contributed by atoms with E-state index in [-0.39, 0.29) is 55.3 Å². The van der Waals surface area contributed by atoms with E-state index in [4.69, 9.17) is 0 Å². The smallest absolute Gasteiger partial charge is 0.351 e. The van der Waals surface area contributed by atoms with Gasteiger partial charge in [0.2, 0.25) is 11.8 Å². The summed E-state index contributed by atoms with van der Waals surface area (Å²) in [6.07, 6.45) is -4.09. The van der Waals surface area contributed by atoms with Crippen LogP contribution in [0.2, 0.25) is 0 Å². The van der Waals surface area contributed by atoms with Gasteiger partial charge in [0.05, 0.1) is 11.6 Å². The third kappa shape index (κ3) is 5.10. The van der Waals surface area contributed by atoms with E-state index in [9.17, 15) is 22.8 Å². The van der Waals surface area contributed by atoms with Crippen molar-refractivity contribution in [1.82, 2.24) is 10.6 Å². The lowest BCUT2D eigenvalue weighted by Crippen LogP contribution is -2.38. The molecule has 0 aromatic heterocycles. The van der Waals surface area contributed by atoms with Gasteiger partial charge in [-0.1, -0.05) is 6.07 Å². The molecule has 24 heavy (non-hydrogen) atoms. The number of hydrogen-bond acceptors (Lipinski definition) is 3. The molecular formula is C15H19ClF3N3O2. The van der Waals surface area contributed by atoms with Crippen LogP contribution in [0.5, 0.6) is 0 Å². The average Bonchev–Trinajstić information content (AvgIpc) is 2.85. The number of hydrogen-bond donors (Lipinski definition) is 2. The molecule has 5 nitrogen and oxygen atoms in total. The van der Waals surface area contributed by atoms with Crippen LogP contribution in [0.4, 0.5) is 18.9 Å². The quantitative estimate of drug-likeness (QED) is 0.838. The van der Waals surface area contributed by atoms with Crippen LogP contribution in [0, 0.1) is 0 Å². The standard InChI is InChI=1S/C15H18F3N3O2.ClH/c1-19-6-5-13(22)20-11-8-14(23)21(9-11)12-4-2-3-10(7-12)15(16,17)18;/h2-4,7,11,19H,5-6,8-9H2,1H3,(H,20,22);1H. The Morgan fingerprint density at radius 3 is 2.71 bits per heavy atom. The van der Waals surface area contributed by atoms with Crippen molar-refractivity contribution in [3.05, 3.63) is 29.8 Å². The molecule has 1 aromatic rings. The number of carbonyl (C=O) groups excluding carboxylic acids is 2. The van der Waals surface area contributed by atoms with Crippen molar-refractivity contribution in [1.29, 1.82) is 0 Å². The van der Waals surface area contributed by atoms with Gasteiger partial charge in [0.25, 0.3) is 0 Å². The van der Waals surface area contributed by atoms with Crippen molar-refractivity contribution in [3.8, 4) is 0 Å². The SMILES string of the molecule is CNCCC(=O)NC1CC(=O)N(c2cccc(C(F)(F)F)c2)C1.Cl. The summed E-state index contributed by atoms with van der Waals surface area (Å²) >= 11 is 0. The molecule has 134 valence electrons. The Kier molecular flexibility index (Phi) is 7.04. The molecule has 1 heterocycles. The highest BCUT2D eigenvalue weighted by Crippen LogP contribution is 2.32. The van der Waals surface area contributed by atoms with E-state index in [2.05, 4.69) is 10.6 Å². The second kappa shape index (κ2) is 8.34. The van der Waals surface area contributed by atoms with Crippen LogP contribution < -0.4 is 15.5 Å². The van der Waals surface area contributed by atoms with Crippen LogP contribution in [0.1, 0.15) is 18.4 Å². The molecular weight excluding hydrogens is 347 g/mol. The summed E-state index contributed by atoms with van der Waals surface area (Å²) < 4.78 is 38.3. The summed E-state index contributed by atoms with van der Waals surface area (Å²) in [5.74, 6) is -0.494.